The third-order valence-electron chi connectivity index (χ3n) is 1.20. The van der Waals surface area contributed by atoms with Gasteiger partial charge in [0, 0.05) is 18.8 Å². The number of aliphatic carboxylic acids is 1. The van der Waals surface area contributed by atoms with E-state index in [2.05, 4.69) is 18.4 Å². The van der Waals surface area contributed by atoms with Crippen LogP contribution >= 0.6 is 21.6 Å². The summed E-state index contributed by atoms with van der Waals surface area (Å²) in [5.74, 6) is 0.454. The predicted molar refractivity (Wildman–Crippen MR) is 69.1 cm³/mol. The van der Waals surface area contributed by atoms with Crippen molar-refractivity contribution < 1.29 is 15.0 Å². The summed E-state index contributed by atoms with van der Waals surface area (Å²) >= 11 is 0. The summed E-state index contributed by atoms with van der Waals surface area (Å²) in [5, 5.41) is 17.9. The van der Waals surface area contributed by atoms with Gasteiger partial charge in [0.25, 0.3) is 0 Å². The summed E-state index contributed by atoms with van der Waals surface area (Å²) in [4.78, 5) is 9.37. The van der Waals surface area contributed by atoms with Crippen LogP contribution in [0.2, 0.25) is 0 Å². The molecule has 0 aromatic carbocycles. The van der Waals surface area contributed by atoms with Crippen LogP contribution < -0.4 is 0 Å². The fourth-order valence-electron chi connectivity index (χ4n) is 0.355. The second-order valence-corrected chi connectivity index (χ2v) is 4.90. The molecule has 5 heteroatoms. The smallest absolute Gasteiger partial charge is 0.303 e. The van der Waals surface area contributed by atoms with Crippen LogP contribution in [0.15, 0.2) is 11.5 Å². The van der Waals surface area contributed by atoms with Crippen molar-refractivity contribution in [2.24, 2.45) is 0 Å². The van der Waals surface area contributed by atoms with Gasteiger partial charge in [0.15, 0.2) is 0 Å². The molecule has 0 atom stereocenters. The number of carbonyl (C=O) groups is 1. The number of unbranched alkanes of at least 4 members (excludes halogenated alkanes) is 1. The molecule has 2 N–H and O–H groups in total. The molecule has 90 valence electrons. The average molecular weight is 252 g/mol. The van der Waals surface area contributed by atoms with E-state index in [0.717, 1.165) is 12.8 Å². The fraction of sp³-hybridized carbons (Fsp3) is 0.700. The molecule has 0 saturated carbocycles. The summed E-state index contributed by atoms with van der Waals surface area (Å²) in [7, 11) is 3.69. The quantitative estimate of drug-likeness (QED) is 0.756. The normalized spacial score (nSPS) is 12.2. The van der Waals surface area contributed by atoms with E-state index in [1.807, 2.05) is 21.6 Å². The van der Waals surface area contributed by atoms with E-state index in [9.17, 15) is 4.79 Å². The third kappa shape index (κ3) is 24.8. The van der Waals surface area contributed by atoms with Crippen LogP contribution in [0.4, 0.5) is 0 Å². The maximum absolute atomic E-state index is 9.37. The van der Waals surface area contributed by atoms with Crippen LogP contribution in [0.3, 0.4) is 0 Å². The largest absolute Gasteiger partial charge is 0.481 e. The van der Waals surface area contributed by atoms with Gasteiger partial charge < -0.3 is 10.2 Å². The topological polar surface area (TPSA) is 57.5 Å². The molecule has 0 bridgehead atoms. The predicted octanol–water partition coefficient (Wildman–Crippen LogP) is 3.15. The van der Waals surface area contributed by atoms with Gasteiger partial charge in [0.1, 0.15) is 0 Å². The van der Waals surface area contributed by atoms with Crippen LogP contribution in [-0.4, -0.2) is 28.5 Å². The van der Waals surface area contributed by atoms with Gasteiger partial charge in [-0.15, -0.1) is 0 Å². The van der Waals surface area contributed by atoms with Gasteiger partial charge in [-0.3, -0.25) is 4.79 Å². The Kier molecular flexibility index (Phi) is 18.8. The first kappa shape index (κ1) is 17.3. The first-order valence-corrected chi connectivity index (χ1v) is 7.33. The van der Waals surface area contributed by atoms with Crippen LogP contribution in [0, 0.1) is 0 Å². The van der Waals surface area contributed by atoms with Crippen LogP contribution in [0.1, 0.15) is 33.1 Å². The monoisotopic (exact) mass is 252 g/mol. The highest BCUT2D eigenvalue weighted by Crippen LogP contribution is 2.27. The molecule has 1 heterocycles. The molecule has 1 aliphatic heterocycles. The van der Waals surface area contributed by atoms with Crippen LogP contribution in [-0.2, 0) is 4.79 Å². The molecule has 0 aromatic rings. The zero-order chi connectivity index (χ0) is 11.9. The highest BCUT2D eigenvalue weighted by Gasteiger charge is 1.86. The minimum Gasteiger partial charge on any atom is -0.481 e. The van der Waals surface area contributed by atoms with Crippen molar-refractivity contribution >= 4 is 27.6 Å². The highest BCUT2D eigenvalue weighted by molar-refractivity contribution is 8.78. The lowest BCUT2D eigenvalue weighted by atomic mass is 10.4. The number of aliphatic hydroxyl groups is 1. The third-order valence-corrected chi connectivity index (χ3v) is 3.12. The van der Waals surface area contributed by atoms with Crippen molar-refractivity contribution in [2.45, 2.75) is 33.1 Å². The van der Waals surface area contributed by atoms with E-state index < -0.39 is 5.97 Å². The number of carboxylic acids is 1. The first-order valence-electron chi connectivity index (χ1n) is 4.94. The highest BCUT2D eigenvalue weighted by atomic mass is 33.1. The van der Waals surface area contributed by atoms with E-state index in [0.29, 0.717) is 6.61 Å². The molecule has 1 aliphatic rings. The van der Waals surface area contributed by atoms with Gasteiger partial charge in [0.2, 0.25) is 0 Å². The Balaban J connectivity index is 0. The summed E-state index contributed by atoms with van der Waals surface area (Å²) in [6.45, 7) is 4.00. The molecule has 0 spiro atoms. The van der Waals surface area contributed by atoms with E-state index in [1.54, 1.807) is 6.92 Å². The second kappa shape index (κ2) is 16.3. The molecule has 0 radical (unpaired) electrons. The molecule has 1 rings (SSSR count). The van der Waals surface area contributed by atoms with Gasteiger partial charge in [-0.05, 0) is 11.8 Å². The summed E-state index contributed by atoms with van der Waals surface area (Å²) in [6.07, 6.45) is 4.42. The van der Waals surface area contributed by atoms with E-state index in [1.165, 1.54) is 5.75 Å². The zero-order valence-corrected chi connectivity index (χ0v) is 10.9. The molecule has 0 aromatic heterocycles. The van der Waals surface area contributed by atoms with Gasteiger partial charge in [-0.2, -0.15) is 0 Å². The molecule has 0 fully saturated rings. The van der Waals surface area contributed by atoms with Crippen molar-refractivity contribution in [3.63, 3.8) is 0 Å². The Labute approximate surface area is 99.7 Å². The average Bonchev–Trinajstić information content (AvgIpc) is 2.78. The Morgan fingerprint density at radius 2 is 2.07 bits per heavy atom. The zero-order valence-electron chi connectivity index (χ0n) is 9.31. The Morgan fingerprint density at radius 1 is 1.47 bits per heavy atom. The SMILES string of the molecule is C1=CSSC1.CCC(=O)O.CCCCO. The lowest BCUT2D eigenvalue weighted by Crippen LogP contribution is -1.86. The van der Waals surface area contributed by atoms with Gasteiger partial charge in [0.05, 0.1) is 0 Å². The molecule has 3 nitrogen and oxygen atoms in total. The molecular formula is C10H20O3S2. The molecule has 15 heavy (non-hydrogen) atoms. The fourth-order valence-corrected chi connectivity index (χ4v) is 1.93. The Hall–Kier alpha value is -0.130. The minimum atomic E-state index is -0.745. The second-order valence-electron chi connectivity index (χ2n) is 2.58. The van der Waals surface area contributed by atoms with Gasteiger partial charge in [-0.1, -0.05) is 47.9 Å². The Morgan fingerprint density at radius 3 is 2.13 bits per heavy atom. The summed E-state index contributed by atoms with van der Waals surface area (Å²) < 4.78 is 0. The molecule has 0 aliphatic carbocycles. The molecular weight excluding hydrogens is 232 g/mol. The van der Waals surface area contributed by atoms with Crippen molar-refractivity contribution in [2.75, 3.05) is 12.4 Å². The number of rotatable bonds is 3. The van der Waals surface area contributed by atoms with Crippen molar-refractivity contribution in [1.29, 1.82) is 0 Å². The van der Waals surface area contributed by atoms with E-state index in [-0.39, 0.29) is 6.42 Å². The first-order chi connectivity index (χ1) is 7.18. The maximum Gasteiger partial charge on any atom is 0.303 e. The summed E-state index contributed by atoms with van der Waals surface area (Å²) in [6, 6.07) is 0. The standard InChI is InChI=1S/C4H10O.C3H6O2.C3H4S2/c1-2-3-4-5;1-2-3(4)5;1-2-4-5-3-1/h5H,2-4H2,1H3;2H2,1H3,(H,4,5);1-2H,3H2. The lowest BCUT2D eigenvalue weighted by molar-refractivity contribution is -0.136. The van der Waals surface area contributed by atoms with Crippen molar-refractivity contribution in [1.82, 2.24) is 0 Å². The van der Waals surface area contributed by atoms with Crippen molar-refractivity contribution in [3.05, 3.63) is 11.5 Å². The number of hydrogen-bond acceptors (Lipinski definition) is 4. The van der Waals surface area contributed by atoms with E-state index in [4.69, 9.17) is 10.2 Å². The number of carboxylic acid groups (broad SMARTS) is 1. The Bertz CT molecular complexity index is 153. The number of hydrogen-bond donors (Lipinski definition) is 2. The summed E-state index contributed by atoms with van der Waals surface area (Å²) in [5.41, 5.74) is 0. The minimum absolute atomic E-state index is 0.222. The molecule has 0 saturated heterocycles. The molecule has 0 unspecified atom stereocenters. The van der Waals surface area contributed by atoms with Gasteiger partial charge in [-0.25, -0.2) is 0 Å². The van der Waals surface area contributed by atoms with Crippen molar-refractivity contribution in [3.8, 4) is 0 Å². The maximum atomic E-state index is 9.37. The number of aliphatic hydroxyl groups excluding tert-OH is 1. The van der Waals surface area contributed by atoms with E-state index >= 15 is 0 Å². The lowest BCUT2D eigenvalue weighted by Gasteiger charge is -1.79. The van der Waals surface area contributed by atoms with Gasteiger partial charge >= 0.3 is 5.97 Å². The van der Waals surface area contributed by atoms with Crippen LogP contribution in [0.5, 0.6) is 0 Å². The molecule has 0 amide bonds. The van der Waals surface area contributed by atoms with Crippen LogP contribution in [0.25, 0.3) is 0 Å².